The lowest BCUT2D eigenvalue weighted by Crippen LogP contribution is -2.25. The first-order chi connectivity index (χ1) is 8.95. The van der Waals surface area contributed by atoms with Crippen LogP contribution in [0.15, 0.2) is 33.1 Å². The minimum atomic E-state index is -3.47. The summed E-state index contributed by atoms with van der Waals surface area (Å²) in [5, 5.41) is 0. The maximum Gasteiger partial charge on any atom is 0.252 e. The second-order valence-electron chi connectivity index (χ2n) is 4.19. The van der Waals surface area contributed by atoms with Crippen LogP contribution in [0.3, 0.4) is 0 Å². The Hall–Kier alpha value is -1.15. The van der Waals surface area contributed by atoms with E-state index in [0.717, 1.165) is 16.2 Å². The van der Waals surface area contributed by atoms with E-state index in [1.165, 1.54) is 15.6 Å². The molecule has 0 aliphatic carbocycles. The van der Waals surface area contributed by atoms with Gasteiger partial charge in [-0.05, 0) is 25.1 Å². The number of thiophene rings is 1. The normalized spacial score (nSPS) is 12.2. The Kier molecular flexibility index (Phi) is 4.10. The minimum absolute atomic E-state index is 0.292. The van der Waals surface area contributed by atoms with Crippen LogP contribution < -0.4 is 5.73 Å². The third-order valence-corrected chi connectivity index (χ3v) is 6.24. The van der Waals surface area contributed by atoms with Gasteiger partial charge in [-0.2, -0.15) is 4.31 Å². The lowest BCUT2D eigenvalue weighted by Gasteiger charge is -2.15. The first-order valence-corrected chi connectivity index (χ1v) is 7.99. The Balaban J connectivity index is 2.22. The number of nitrogens with zero attached hydrogens (tertiary/aromatic N) is 1. The van der Waals surface area contributed by atoms with Crippen molar-refractivity contribution in [3.05, 3.63) is 40.7 Å². The molecule has 0 amide bonds. The van der Waals surface area contributed by atoms with Crippen molar-refractivity contribution in [2.45, 2.75) is 24.2 Å². The highest BCUT2D eigenvalue weighted by Gasteiger charge is 2.23. The van der Waals surface area contributed by atoms with E-state index in [1.807, 2.05) is 6.92 Å². The molecule has 0 saturated heterocycles. The van der Waals surface area contributed by atoms with Crippen molar-refractivity contribution in [2.75, 3.05) is 7.05 Å². The molecular formula is C12H16N2O3S2. The monoisotopic (exact) mass is 300 g/mol. The van der Waals surface area contributed by atoms with Gasteiger partial charge < -0.3 is 10.2 Å². The van der Waals surface area contributed by atoms with Crippen LogP contribution in [0.5, 0.6) is 0 Å². The third kappa shape index (κ3) is 2.89. The maximum atomic E-state index is 12.4. The molecule has 5 nitrogen and oxygen atoms in total. The summed E-state index contributed by atoms with van der Waals surface area (Å²) < 4.78 is 31.5. The van der Waals surface area contributed by atoms with Crippen molar-refractivity contribution in [1.82, 2.24) is 4.31 Å². The van der Waals surface area contributed by atoms with Crippen molar-refractivity contribution in [2.24, 2.45) is 5.73 Å². The predicted molar refractivity (Wildman–Crippen MR) is 74.3 cm³/mol. The van der Waals surface area contributed by atoms with E-state index in [9.17, 15) is 8.42 Å². The van der Waals surface area contributed by atoms with E-state index < -0.39 is 10.0 Å². The highest BCUT2D eigenvalue weighted by Crippen LogP contribution is 2.25. The second-order valence-corrected chi connectivity index (χ2v) is 7.63. The van der Waals surface area contributed by atoms with Crippen molar-refractivity contribution >= 4 is 21.4 Å². The van der Waals surface area contributed by atoms with E-state index >= 15 is 0 Å². The zero-order valence-electron chi connectivity index (χ0n) is 10.8. The molecule has 19 heavy (non-hydrogen) atoms. The number of nitrogens with two attached hydrogens (primary N) is 1. The summed E-state index contributed by atoms with van der Waals surface area (Å²) in [6.07, 6.45) is 1.56. The summed E-state index contributed by atoms with van der Waals surface area (Å²) in [6, 6.07) is 5.12. The SMILES string of the molecule is Cc1occc1CN(C)S(=O)(=O)c1ccc(CN)s1. The fourth-order valence-corrected chi connectivity index (χ4v) is 4.25. The van der Waals surface area contributed by atoms with Crippen LogP contribution in [-0.4, -0.2) is 19.8 Å². The van der Waals surface area contributed by atoms with Crippen molar-refractivity contribution in [1.29, 1.82) is 0 Å². The second kappa shape index (κ2) is 5.46. The Labute approximate surface area is 116 Å². The number of rotatable bonds is 5. The Morgan fingerprint density at radius 2 is 2.11 bits per heavy atom. The van der Waals surface area contributed by atoms with Crippen molar-refractivity contribution in [3.8, 4) is 0 Å². The molecule has 104 valence electrons. The van der Waals surface area contributed by atoms with Gasteiger partial charge in [0.05, 0.1) is 6.26 Å². The molecular weight excluding hydrogens is 284 g/mol. The Morgan fingerprint density at radius 3 is 2.63 bits per heavy atom. The third-order valence-electron chi connectivity index (χ3n) is 2.86. The lowest BCUT2D eigenvalue weighted by atomic mass is 10.3. The van der Waals surface area contributed by atoms with E-state index in [4.69, 9.17) is 10.2 Å². The van der Waals surface area contributed by atoms with Gasteiger partial charge >= 0.3 is 0 Å². The molecule has 0 aliphatic rings. The lowest BCUT2D eigenvalue weighted by molar-refractivity contribution is 0.460. The molecule has 7 heteroatoms. The predicted octanol–water partition coefficient (Wildman–Crippen LogP) is 1.93. The first-order valence-electron chi connectivity index (χ1n) is 5.73. The Morgan fingerprint density at radius 1 is 1.37 bits per heavy atom. The number of aryl methyl sites for hydroxylation is 1. The molecule has 2 rings (SSSR count). The van der Waals surface area contributed by atoms with Crippen LogP contribution >= 0.6 is 11.3 Å². The van der Waals surface area contributed by atoms with Gasteiger partial charge in [-0.25, -0.2) is 8.42 Å². The number of hydrogen-bond donors (Lipinski definition) is 1. The van der Waals surface area contributed by atoms with Gasteiger partial charge in [0.25, 0.3) is 10.0 Å². The summed E-state index contributed by atoms with van der Waals surface area (Å²) >= 11 is 1.21. The molecule has 0 fully saturated rings. The molecule has 0 aromatic carbocycles. The summed E-state index contributed by atoms with van der Waals surface area (Å²) in [5.74, 6) is 0.732. The topological polar surface area (TPSA) is 76.5 Å². The van der Waals surface area contributed by atoms with Gasteiger partial charge in [-0.1, -0.05) is 0 Å². The van der Waals surface area contributed by atoms with Crippen LogP contribution in [0, 0.1) is 6.92 Å². The highest BCUT2D eigenvalue weighted by atomic mass is 32.2. The molecule has 0 atom stereocenters. The van der Waals surface area contributed by atoms with Crippen LogP contribution in [0.25, 0.3) is 0 Å². The van der Waals surface area contributed by atoms with Gasteiger partial charge in [0.15, 0.2) is 0 Å². The number of furan rings is 1. The minimum Gasteiger partial charge on any atom is -0.469 e. The molecule has 2 N–H and O–H groups in total. The fraction of sp³-hybridized carbons (Fsp3) is 0.333. The average molecular weight is 300 g/mol. The summed E-state index contributed by atoms with van der Waals surface area (Å²) in [7, 11) is -1.91. The summed E-state index contributed by atoms with van der Waals surface area (Å²) in [6.45, 7) is 2.46. The fourth-order valence-electron chi connectivity index (χ4n) is 1.66. The van der Waals surface area contributed by atoms with Crippen LogP contribution in [0.2, 0.25) is 0 Å². The molecule has 0 bridgehead atoms. The molecule has 0 spiro atoms. The van der Waals surface area contributed by atoms with Gasteiger partial charge in [0.2, 0.25) is 0 Å². The number of hydrogen-bond acceptors (Lipinski definition) is 5. The number of sulfonamides is 1. The highest BCUT2D eigenvalue weighted by molar-refractivity contribution is 7.91. The van der Waals surface area contributed by atoms with E-state index in [0.29, 0.717) is 17.3 Å². The summed E-state index contributed by atoms with van der Waals surface area (Å²) in [5.41, 5.74) is 6.36. The quantitative estimate of drug-likeness (QED) is 0.915. The zero-order valence-corrected chi connectivity index (χ0v) is 12.4. The van der Waals surface area contributed by atoms with Gasteiger partial charge in [-0.3, -0.25) is 0 Å². The zero-order chi connectivity index (χ0) is 14.0. The standard InChI is InChI=1S/C12H16N2O3S2/c1-9-10(5-6-17-9)8-14(2)19(15,16)12-4-3-11(7-13)18-12/h3-6H,7-8,13H2,1-2H3. The van der Waals surface area contributed by atoms with E-state index in [1.54, 1.807) is 31.5 Å². The van der Waals surface area contributed by atoms with Gasteiger partial charge in [-0.15, -0.1) is 11.3 Å². The smallest absolute Gasteiger partial charge is 0.252 e. The first kappa shape index (κ1) is 14.3. The molecule has 2 heterocycles. The molecule has 2 aromatic heterocycles. The molecule has 0 unspecified atom stereocenters. The molecule has 0 aliphatic heterocycles. The largest absolute Gasteiger partial charge is 0.469 e. The van der Waals surface area contributed by atoms with Gasteiger partial charge in [0, 0.05) is 30.6 Å². The maximum absolute atomic E-state index is 12.4. The summed E-state index contributed by atoms with van der Waals surface area (Å²) in [4.78, 5) is 0.853. The average Bonchev–Trinajstić information content (AvgIpc) is 2.99. The van der Waals surface area contributed by atoms with Gasteiger partial charge in [0.1, 0.15) is 9.97 Å². The van der Waals surface area contributed by atoms with E-state index in [-0.39, 0.29) is 0 Å². The van der Waals surface area contributed by atoms with Crippen molar-refractivity contribution < 1.29 is 12.8 Å². The molecule has 0 saturated carbocycles. The van der Waals surface area contributed by atoms with Crippen LogP contribution in [0.4, 0.5) is 0 Å². The molecule has 2 aromatic rings. The molecule has 0 radical (unpaired) electrons. The van der Waals surface area contributed by atoms with E-state index in [2.05, 4.69) is 0 Å². The van der Waals surface area contributed by atoms with Crippen LogP contribution in [0.1, 0.15) is 16.2 Å². The van der Waals surface area contributed by atoms with Crippen molar-refractivity contribution in [3.63, 3.8) is 0 Å². The Bertz CT molecular complexity index is 658. The van der Waals surface area contributed by atoms with Crippen LogP contribution in [-0.2, 0) is 23.1 Å².